The fourth-order valence-corrected chi connectivity index (χ4v) is 3.11. The lowest BCUT2D eigenvalue weighted by atomic mass is 10.1. The van der Waals surface area contributed by atoms with E-state index in [9.17, 15) is 9.59 Å². The minimum absolute atomic E-state index is 0.00778. The smallest absolute Gasteiger partial charge is 0.310 e. The van der Waals surface area contributed by atoms with Gasteiger partial charge in [0.15, 0.2) is 0 Å². The van der Waals surface area contributed by atoms with Gasteiger partial charge in [-0.25, -0.2) is 0 Å². The summed E-state index contributed by atoms with van der Waals surface area (Å²) in [5.41, 5.74) is 0. The highest BCUT2D eigenvalue weighted by atomic mass is 16.5. The Morgan fingerprint density at radius 1 is 0.905 bits per heavy atom. The van der Waals surface area contributed by atoms with Gasteiger partial charge in [-0.2, -0.15) is 0 Å². The van der Waals surface area contributed by atoms with E-state index in [0.29, 0.717) is 13.2 Å². The van der Waals surface area contributed by atoms with Crippen molar-refractivity contribution in [1.29, 1.82) is 0 Å². The molecule has 2 aliphatic heterocycles. The molecule has 2 heterocycles. The normalized spacial score (nSPS) is 27.0. The summed E-state index contributed by atoms with van der Waals surface area (Å²) in [5.74, 6) is -0.140. The maximum absolute atomic E-state index is 11.7. The number of hydrogen-bond donors (Lipinski definition) is 0. The van der Waals surface area contributed by atoms with Crippen molar-refractivity contribution >= 4 is 11.9 Å². The quantitative estimate of drug-likeness (QED) is 0.673. The molecule has 0 aliphatic carbocycles. The van der Waals surface area contributed by atoms with Gasteiger partial charge in [-0.15, -0.1) is 0 Å². The predicted octanol–water partition coefficient (Wildman–Crippen LogP) is 0.714. The number of hydrogen-bond acceptors (Lipinski definition) is 6. The summed E-state index contributed by atoms with van der Waals surface area (Å²) in [6, 6.07) is 0. The van der Waals surface area contributed by atoms with E-state index in [0.717, 1.165) is 45.7 Å². The summed E-state index contributed by atoms with van der Waals surface area (Å²) >= 11 is 0. The molecule has 2 saturated heterocycles. The highest BCUT2D eigenvalue weighted by Gasteiger charge is 2.33. The Kier molecular flexibility index (Phi) is 5.99. The summed E-state index contributed by atoms with van der Waals surface area (Å²) in [5, 5.41) is 0. The monoisotopic (exact) mass is 298 g/mol. The van der Waals surface area contributed by atoms with Crippen LogP contribution >= 0.6 is 0 Å². The summed E-state index contributed by atoms with van der Waals surface area (Å²) < 4.78 is 10.2. The number of likely N-dealkylation sites (tertiary alicyclic amines) is 2. The molecule has 0 aromatic heterocycles. The van der Waals surface area contributed by atoms with E-state index in [2.05, 4.69) is 9.80 Å². The molecule has 21 heavy (non-hydrogen) atoms. The molecule has 0 saturated carbocycles. The fourth-order valence-electron chi connectivity index (χ4n) is 3.11. The highest BCUT2D eigenvalue weighted by Crippen LogP contribution is 2.22. The fraction of sp³-hybridized carbons (Fsp3) is 0.867. The molecule has 0 N–H and O–H groups in total. The van der Waals surface area contributed by atoms with Crippen LogP contribution in [0.1, 0.15) is 26.7 Å². The number of carbonyl (C=O) groups excluding carboxylic acids is 2. The Hall–Kier alpha value is -1.14. The van der Waals surface area contributed by atoms with E-state index in [1.807, 2.05) is 13.8 Å². The zero-order valence-electron chi connectivity index (χ0n) is 13.0. The molecule has 2 rings (SSSR count). The molecule has 0 radical (unpaired) electrons. The second-order valence-corrected chi connectivity index (χ2v) is 5.77. The molecule has 120 valence electrons. The lowest BCUT2D eigenvalue weighted by Gasteiger charge is -2.23. The van der Waals surface area contributed by atoms with Crippen molar-refractivity contribution in [2.45, 2.75) is 26.7 Å². The van der Waals surface area contributed by atoms with Gasteiger partial charge in [0.1, 0.15) is 0 Å². The van der Waals surface area contributed by atoms with Gasteiger partial charge in [0.25, 0.3) is 0 Å². The van der Waals surface area contributed by atoms with Crippen molar-refractivity contribution in [1.82, 2.24) is 9.80 Å². The Balaban J connectivity index is 1.72. The first-order chi connectivity index (χ1) is 10.1. The maximum Gasteiger partial charge on any atom is 0.310 e. The molecule has 2 fully saturated rings. The Morgan fingerprint density at radius 2 is 1.33 bits per heavy atom. The number of ether oxygens (including phenoxy) is 2. The van der Waals surface area contributed by atoms with Crippen molar-refractivity contribution in [2.75, 3.05) is 46.1 Å². The van der Waals surface area contributed by atoms with Gasteiger partial charge in [-0.1, -0.05) is 0 Å². The van der Waals surface area contributed by atoms with Crippen molar-refractivity contribution in [3.63, 3.8) is 0 Å². The van der Waals surface area contributed by atoms with Crippen molar-refractivity contribution in [3.8, 4) is 0 Å². The maximum atomic E-state index is 11.7. The van der Waals surface area contributed by atoms with E-state index in [-0.39, 0.29) is 23.8 Å². The molecule has 2 atom stereocenters. The van der Waals surface area contributed by atoms with E-state index >= 15 is 0 Å². The lowest BCUT2D eigenvalue weighted by Crippen LogP contribution is -2.36. The third-order valence-corrected chi connectivity index (χ3v) is 4.18. The minimum Gasteiger partial charge on any atom is -0.466 e. The average molecular weight is 298 g/mol. The molecule has 0 spiro atoms. The van der Waals surface area contributed by atoms with E-state index in [1.165, 1.54) is 0 Å². The first-order valence-electron chi connectivity index (χ1n) is 7.92. The topological polar surface area (TPSA) is 59.1 Å². The van der Waals surface area contributed by atoms with Crippen LogP contribution in [-0.4, -0.2) is 67.8 Å². The zero-order valence-corrected chi connectivity index (χ0v) is 13.0. The second kappa shape index (κ2) is 7.75. The van der Waals surface area contributed by atoms with Crippen LogP contribution in [0, 0.1) is 11.8 Å². The van der Waals surface area contributed by atoms with E-state index < -0.39 is 0 Å². The van der Waals surface area contributed by atoms with Crippen LogP contribution in [0.25, 0.3) is 0 Å². The van der Waals surface area contributed by atoms with Gasteiger partial charge in [-0.05, 0) is 26.7 Å². The highest BCUT2D eigenvalue weighted by molar-refractivity contribution is 5.73. The van der Waals surface area contributed by atoms with Crippen LogP contribution in [0.5, 0.6) is 0 Å². The van der Waals surface area contributed by atoms with E-state index in [1.54, 1.807) is 0 Å². The van der Waals surface area contributed by atoms with Gasteiger partial charge in [0.05, 0.1) is 31.7 Å². The van der Waals surface area contributed by atoms with Gasteiger partial charge in [0, 0.05) is 26.2 Å². The largest absolute Gasteiger partial charge is 0.466 e. The standard InChI is InChI=1S/C15H26N2O4/c1-3-20-14(18)12-5-7-16(9-12)11-17-8-6-13(10-17)15(19)21-4-2/h12-13H,3-11H2,1-2H3. The van der Waals surface area contributed by atoms with Gasteiger partial charge in [-0.3, -0.25) is 19.4 Å². The van der Waals surface area contributed by atoms with Gasteiger partial charge in [0.2, 0.25) is 0 Å². The van der Waals surface area contributed by atoms with Crippen LogP contribution in [0.15, 0.2) is 0 Å². The molecule has 6 heteroatoms. The number of carbonyl (C=O) groups is 2. The predicted molar refractivity (Wildman–Crippen MR) is 77.5 cm³/mol. The van der Waals surface area contributed by atoms with Crippen molar-refractivity contribution < 1.29 is 19.1 Å². The number of rotatable bonds is 6. The molecule has 0 aromatic carbocycles. The SMILES string of the molecule is CCOC(=O)C1CCN(CN2CCC(C(=O)OCC)C2)C1. The molecular weight excluding hydrogens is 272 g/mol. The van der Waals surface area contributed by atoms with Crippen molar-refractivity contribution in [2.24, 2.45) is 11.8 Å². The Bertz CT molecular complexity index is 341. The second-order valence-electron chi connectivity index (χ2n) is 5.77. The van der Waals surface area contributed by atoms with Crippen LogP contribution in [0.4, 0.5) is 0 Å². The molecule has 0 amide bonds. The summed E-state index contributed by atoms with van der Waals surface area (Å²) in [7, 11) is 0. The third kappa shape index (κ3) is 4.41. The first kappa shape index (κ1) is 16.2. The van der Waals surface area contributed by atoms with Crippen molar-refractivity contribution in [3.05, 3.63) is 0 Å². The van der Waals surface area contributed by atoms with Gasteiger partial charge >= 0.3 is 11.9 Å². The zero-order chi connectivity index (χ0) is 15.2. The average Bonchev–Trinajstić information content (AvgIpc) is 3.09. The molecule has 6 nitrogen and oxygen atoms in total. The summed E-state index contributed by atoms with van der Waals surface area (Å²) in [6.45, 7) is 8.76. The Labute approximate surface area is 126 Å². The van der Waals surface area contributed by atoms with Crippen LogP contribution in [0.3, 0.4) is 0 Å². The van der Waals surface area contributed by atoms with Gasteiger partial charge < -0.3 is 9.47 Å². The first-order valence-corrected chi connectivity index (χ1v) is 7.92. The third-order valence-electron chi connectivity index (χ3n) is 4.18. The number of esters is 2. The molecule has 0 bridgehead atoms. The molecule has 0 aromatic rings. The van der Waals surface area contributed by atoms with E-state index in [4.69, 9.17) is 9.47 Å². The minimum atomic E-state index is -0.0779. The molecule has 2 unspecified atom stereocenters. The molecular formula is C15H26N2O4. The molecule has 2 aliphatic rings. The van der Waals surface area contributed by atoms with Crippen LogP contribution in [0.2, 0.25) is 0 Å². The Morgan fingerprint density at radius 3 is 1.71 bits per heavy atom. The summed E-state index contributed by atoms with van der Waals surface area (Å²) in [4.78, 5) is 28.0. The summed E-state index contributed by atoms with van der Waals surface area (Å²) in [6.07, 6.45) is 1.74. The lowest BCUT2D eigenvalue weighted by molar-refractivity contribution is -0.148. The number of nitrogens with zero attached hydrogens (tertiary/aromatic N) is 2. The van der Waals surface area contributed by atoms with Crippen LogP contribution < -0.4 is 0 Å². The van der Waals surface area contributed by atoms with Crippen LogP contribution in [-0.2, 0) is 19.1 Å².